The summed E-state index contributed by atoms with van der Waals surface area (Å²) in [5.74, 6) is -0.118. The molecule has 1 heterocycles. The van der Waals surface area contributed by atoms with Gasteiger partial charge in [-0.1, -0.05) is 11.6 Å². The van der Waals surface area contributed by atoms with Crippen LogP contribution in [-0.2, 0) is 10.0 Å². The van der Waals surface area contributed by atoms with Crippen molar-refractivity contribution in [1.82, 2.24) is 4.98 Å². The molecule has 7 heteroatoms. The largest absolute Gasteiger partial charge is 0.280 e. The Kier molecular flexibility index (Phi) is 3.97. The Hall–Kier alpha value is -0.520. The molecule has 78 valence electrons. The Morgan fingerprint density at radius 1 is 1.50 bits per heavy atom. The zero-order chi connectivity index (χ0) is 10.6. The molecule has 0 saturated carbocycles. The van der Waals surface area contributed by atoms with Gasteiger partial charge in [-0.25, -0.2) is 8.42 Å². The average molecular weight is 255 g/mol. The second-order valence-electron chi connectivity index (χ2n) is 2.47. The van der Waals surface area contributed by atoms with Crippen LogP contribution in [0.15, 0.2) is 18.5 Å². The molecule has 1 rings (SSSR count). The van der Waals surface area contributed by atoms with Crippen LogP contribution in [0.25, 0.3) is 0 Å². The second-order valence-corrected chi connectivity index (χ2v) is 5.09. The molecule has 0 unspecified atom stereocenters. The lowest BCUT2D eigenvalue weighted by molar-refractivity contribution is 0.602. The first kappa shape index (κ1) is 11.6. The fourth-order valence-corrected chi connectivity index (χ4v) is 2.39. The van der Waals surface area contributed by atoms with Crippen LogP contribution in [0.1, 0.15) is 0 Å². The minimum Gasteiger partial charge on any atom is -0.280 e. The summed E-state index contributed by atoms with van der Waals surface area (Å²) in [7, 11) is -3.41. The third kappa shape index (κ3) is 3.32. The number of hydrogen-bond donors (Lipinski definition) is 1. The molecule has 0 aliphatic heterocycles. The number of anilines is 1. The first-order valence-corrected chi connectivity index (χ1v) is 6.27. The Bertz CT molecular complexity index is 408. The fraction of sp³-hybridized carbons (Fsp3) is 0.286. The maximum Gasteiger partial charge on any atom is 0.234 e. The molecule has 1 aromatic heterocycles. The lowest BCUT2D eigenvalue weighted by Crippen LogP contribution is -2.17. The van der Waals surface area contributed by atoms with Crippen LogP contribution >= 0.6 is 23.2 Å². The van der Waals surface area contributed by atoms with Crippen LogP contribution in [0.3, 0.4) is 0 Å². The number of halogens is 2. The van der Waals surface area contributed by atoms with Crippen LogP contribution in [0.2, 0.25) is 5.02 Å². The molecule has 0 bridgehead atoms. The lowest BCUT2D eigenvalue weighted by Gasteiger charge is -2.06. The number of pyridine rings is 1. The number of nitrogens with zero attached hydrogens (tertiary/aromatic N) is 1. The Labute approximate surface area is 92.3 Å². The van der Waals surface area contributed by atoms with Gasteiger partial charge in [0.15, 0.2) is 0 Å². The summed E-state index contributed by atoms with van der Waals surface area (Å²) in [6.45, 7) is 0. The highest BCUT2D eigenvalue weighted by molar-refractivity contribution is 7.92. The third-order valence-corrected chi connectivity index (χ3v) is 3.39. The second kappa shape index (κ2) is 4.82. The molecule has 1 aromatic rings. The highest BCUT2D eigenvalue weighted by atomic mass is 35.5. The van der Waals surface area contributed by atoms with Gasteiger partial charge in [0.05, 0.1) is 22.7 Å². The number of nitrogens with one attached hydrogen (secondary N) is 1. The molecule has 0 fully saturated rings. The van der Waals surface area contributed by atoms with E-state index in [0.29, 0.717) is 5.02 Å². The number of aromatic nitrogens is 1. The van der Waals surface area contributed by atoms with Gasteiger partial charge in [-0.15, -0.1) is 11.6 Å². The molecular weight excluding hydrogens is 247 g/mol. The first-order chi connectivity index (χ1) is 6.55. The topological polar surface area (TPSA) is 59.1 Å². The number of alkyl halides is 1. The fourth-order valence-electron chi connectivity index (χ4n) is 0.773. The normalized spacial score (nSPS) is 11.3. The molecule has 0 aliphatic carbocycles. The summed E-state index contributed by atoms with van der Waals surface area (Å²) >= 11 is 11.1. The van der Waals surface area contributed by atoms with Crippen molar-refractivity contribution in [3.8, 4) is 0 Å². The van der Waals surface area contributed by atoms with Gasteiger partial charge in [-0.2, -0.15) is 0 Å². The first-order valence-electron chi connectivity index (χ1n) is 3.71. The summed E-state index contributed by atoms with van der Waals surface area (Å²) in [6, 6.07) is 1.50. The van der Waals surface area contributed by atoms with E-state index in [-0.39, 0.29) is 17.3 Å². The summed E-state index contributed by atoms with van der Waals surface area (Å²) in [6.07, 6.45) is 2.82. The van der Waals surface area contributed by atoms with Crippen LogP contribution in [0.4, 0.5) is 5.69 Å². The summed E-state index contributed by atoms with van der Waals surface area (Å²) < 4.78 is 24.8. The van der Waals surface area contributed by atoms with E-state index in [0.717, 1.165) is 0 Å². The molecule has 0 aliphatic rings. The number of sulfonamides is 1. The molecule has 0 amide bonds. The van der Waals surface area contributed by atoms with E-state index in [2.05, 4.69) is 9.71 Å². The predicted octanol–water partition coefficient (Wildman–Crippen LogP) is 1.72. The molecule has 0 saturated heterocycles. The molecule has 0 atom stereocenters. The van der Waals surface area contributed by atoms with Crippen molar-refractivity contribution in [1.29, 1.82) is 0 Å². The van der Waals surface area contributed by atoms with Crippen molar-refractivity contribution in [2.24, 2.45) is 0 Å². The van der Waals surface area contributed by atoms with Crippen molar-refractivity contribution in [3.63, 3.8) is 0 Å². The number of hydrogen-bond acceptors (Lipinski definition) is 3. The average Bonchev–Trinajstić information content (AvgIpc) is 2.08. The van der Waals surface area contributed by atoms with Crippen LogP contribution in [0.5, 0.6) is 0 Å². The van der Waals surface area contributed by atoms with E-state index < -0.39 is 10.0 Å². The Morgan fingerprint density at radius 2 is 2.21 bits per heavy atom. The van der Waals surface area contributed by atoms with E-state index in [4.69, 9.17) is 23.2 Å². The van der Waals surface area contributed by atoms with Gasteiger partial charge in [-0.3, -0.25) is 9.71 Å². The summed E-state index contributed by atoms with van der Waals surface area (Å²) in [5.41, 5.74) is 0.263. The van der Waals surface area contributed by atoms with Gasteiger partial charge in [0.25, 0.3) is 0 Å². The van der Waals surface area contributed by atoms with E-state index in [1.807, 2.05) is 0 Å². The van der Waals surface area contributed by atoms with E-state index in [1.165, 1.54) is 18.5 Å². The summed E-state index contributed by atoms with van der Waals surface area (Å²) in [5, 5.41) is 0.304. The zero-order valence-corrected chi connectivity index (χ0v) is 9.40. The quantitative estimate of drug-likeness (QED) is 0.833. The molecule has 0 spiro atoms. The molecule has 0 aromatic carbocycles. The van der Waals surface area contributed by atoms with Crippen LogP contribution in [-0.4, -0.2) is 25.0 Å². The van der Waals surface area contributed by atoms with Gasteiger partial charge >= 0.3 is 0 Å². The van der Waals surface area contributed by atoms with E-state index in [9.17, 15) is 8.42 Å². The lowest BCUT2D eigenvalue weighted by atomic mass is 10.4. The summed E-state index contributed by atoms with van der Waals surface area (Å²) in [4.78, 5) is 3.75. The van der Waals surface area contributed by atoms with Crippen molar-refractivity contribution in [3.05, 3.63) is 23.5 Å². The third-order valence-electron chi connectivity index (χ3n) is 1.38. The van der Waals surface area contributed by atoms with Gasteiger partial charge in [0.1, 0.15) is 0 Å². The monoisotopic (exact) mass is 254 g/mol. The van der Waals surface area contributed by atoms with Crippen LogP contribution in [0, 0.1) is 0 Å². The molecule has 14 heavy (non-hydrogen) atoms. The smallest absolute Gasteiger partial charge is 0.234 e. The van der Waals surface area contributed by atoms with Crippen molar-refractivity contribution in [2.45, 2.75) is 0 Å². The van der Waals surface area contributed by atoms with Crippen LogP contribution < -0.4 is 4.72 Å². The van der Waals surface area contributed by atoms with Gasteiger partial charge in [-0.05, 0) is 6.07 Å². The zero-order valence-electron chi connectivity index (χ0n) is 7.07. The standard InChI is InChI=1S/C7H8Cl2N2O2S/c8-2-4-14(12,13)11-7-5-10-3-1-6(7)9/h1,3,5,11H,2,4H2. The minimum absolute atomic E-state index is 0.0349. The number of rotatable bonds is 4. The Morgan fingerprint density at radius 3 is 2.79 bits per heavy atom. The molecule has 1 N–H and O–H groups in total. The van der Waals surface area contributed by atoms with Gasteiger partial charge < -0.3 is 0 Å². The molecule has 4 nitrogen and oxygen atoms in total. The molecular formula is C7H8Cl2N2O2S. The van der Waals surface area contributed by atoms with E-state index >= 15 is 0 Å². The molecule has 0 radical (unpaired) electrons. The van der Waals surface area contributed by atoms with Crippen molar-refractivity contribution in [2.75, 3.05) is 16.4 Å². The van der Waals surface area contributed by atoms with Gasteiger partial charge in [0, 0.05) is 12.1 Å². The van der Waals surface area contributed by atoms with E-state index in [1.54, 1.807) is 0 Å². The SMILES string of the molecule is O=S(=O)(CCCl)Nc1cnccc1Cl. The van der Waals surface area contributed by atoms with Crippen molar-refractivity contribution >= 4 is 38.9 Å². The maximum absolute atomic E-state index is 11.3. The predicted molar refractivity (Wildman–Crippen MR) is 57.4 cm³/mol. The maximum atomic E-state index is 11.3. The highest BCUT2D eigenvalue weighted by Crippen LogP contribution is 2.20. The highest BCUT2D eigenvalue weighted by Gasteiger charge is 2.11. The Balaban J connectivity index is 2.84. The van der Waals surface area contributed by atoms with Crippen molar-refractivity contribution < 1.29 is 8.42 Å². The minimum atomic E-state index is -3.41. The van der Waals surface area contributed by atoms with Gasteiger partial charge in [0.2, 0.25) is 10.0 Å².